The smallest absolute Gasteiger partial charge is 0.263 e. The van der Waals surface area contributed by atoms with Crippen LogP contribution in [0.5, 0.6) is 0 Å². The number of hydrogen-bond donors (Lipinski definition) is 1. The lowest BCUT2D eigenvalue weighted by Crippen LogP contribution is -2.40. The van der Waals surface area contributed by atoms with Crippen LogP contribution in [-0.4, -0.2) is 23.8 Å². The van der Waals surface area contributed by atoms with Gasteiger partial charge in [0.2, 0.25) is 0 Å². The van der Waals surface area contributed by atoms with Gasteiger partial charge in [-0.15, -0.1) is 0 Å². The molecule has 0 fully saturated rings. The van der Waals surface area contributed by atoms with E-state index in [1.807, 2.05) is 32.9 Å². The number of aryl methyl sites for hydroxylation is 3. The molecule has 0 bridgehead atoms. The maximum Gasteiger partial charge on any atom is 0.263 e. The van der Waals surface area contributed by atoms with E-state index in [0.29, 0.717) is 21.8 Å². The average Bonchev–Trinajstić information content (AvgIpc) is 2.72. The van der Waals surface area contributed by atoms with Crippen molar-refractivity contribution in [1.29, 1.82) is 0 Å². The third-order valence-electron chi connectivity index (χ3n) is 4.98. The molecule has 1 aliphatic heterocycles. The Balaban J connectivity index is 2.03. The molecule has 130 valence electrons. The zero-order chi connectivity index (χ0) is 18.5. The number of Topliss-reactive ketones (excluding diaryl/α,β-unsaturated/α-hetero) is 1. The molecular formula is C20H20ClNO3. The average molecular weight is 358 g/mol. The molecule has 0 saturated heterocycles. The quantitative estimate of drug-likeness (QED) is 0.852. The Morgan fingerprint density at radius 2 is 1.76 bits per heavy atom. The van der Waals surface area contributed by atoms with Crippen LogP contribution in [0.4, 0.5) is 5.69 Å². The first-order valence-corrected chi connectivity index (χ1v) is 8.44. The molecule has 0 spiro atoms. The second-order valence-corrected chi connectivity index (χ2v) is 7.17. The van der Waals surface area contributed by atoms with Gasteiger partial charge in [0.15, 0.2) is 11.4 Å². The van der Waals surface area contributed by atoms with Crippen molar-refractivity contribution in [3.8, 4) is 0 Å². The van der Waals surface area contributed by atoms with E-state index in [2.05, 4.69) is 0 Å². The summed E-state index contributed by atoms with van der Waals surface area (Å²) in [5.74, 6) is -0.780. The Morgan fingerprint density at radius 1 is 1.12 bits per heavy atom. The second-order valence-electron chi connectivity index (χ2n) is 6.74. The van der Waals surface area contributed by atoms with Gasteiger partial charge in [0, 0.05) is 23.2 Å². The maximum absolute atomic E-state index is 12.9. The van der Waals surface area contributed by atoms with E-state index in [1.165, 1.54) is 4.90 Å². The molecule has 4 nitrogen and oxygen atoms in total. The number of anilines is 1. The fraction of sp³-hybridized carbons (Fsp3) is 0.300. The van der Waals surface area contributed by atoms with Crippen LogP contribution in [0, 0.1) is 20.8 Å². The van der Waals surface area contributed by atoms with Crippen LogP contribution in [0.15, 0.2) is 30.3 Å². The zero-order valence-corrected chi connectivity index (χ0v) is 15.4. The highest BCUT2D eigenvalue weighted by atomic mass is 35.5. The summed E-state index contributed by atoms with van der Waals surface area (Å²) in [7, 11) is 1.58. The Kier molecular flexibility index (Phi) is 4.21. The molecule has 0 unspecified atom stereocenters. The number of amides is 1. The lowest BCUT2D eigenvalue weighted by molar-refractivity contribution is -0.135. The number of benzene rings is 2. The molecule has 0 saturated carbocycles. The van der Waals surface area contributed by atoms with E-state index >= 15 is 0 Å². The molecule has 0 aromatic heterocycles. The normalized spacial score (nSPS) is 19.3. The SMILES string of the molecule is Cc1cc(C)c(C(=O)C[C@@]2(O)C(=O)N(C)c3ccc(Cl)cc32)cc1C. The predicted molar refractivity (Wildman–Crippen MR) is 98.4 cm³/mol. The summed E-state index contributed by atoms with van der Waals surface area (Å²) in [4.78, 5) is 26.9. The summed E-state index contributed by atoms with van der Waals surface area (Å²) in [5.41, 5.74) is 2.52. The first kappa shape index (κ1) is 17.6. The number of carbonyl (C=O) groups is 2. The molecule has 25 heavy (non-hydrogen) atoms. The molecule has 0 aliphatic carbocycles. The fourth-order valence-electron chi connectivity index (χ4n) is 3.39. The minimum absolute atomic E-state index is 0.266. The number of ketones is 1. The summed E-state index contributed by atoms with van der Waals surface area (Å²) >= 11 is 6.04. The molecule has 1 heterocycles. The lowest BCUT2D eigenvalue weighted by atomic mass is 9.86. The van der Waals surface area contributed by atoms with E-state index < -0.39 is 11.5 Å². The molecule has 1 aliphatic rings. The van der Waals surface area contributed by atoms with Gasteiger partial charge in [-0.05, 0) is 61.7 Å². The van der Waals surface area contributed by atoms with E-state index in [0.717, 1.165) is 16.7 Å². The molecule has 5 heteroatoms. The first-order valence-electron chi connectivity index (χ1n) is 8.07. The molecular weight excluding hydrogens is 338 g/mol. The van der Waals surface area contributed by atoms with Gasteiger partial charge >= 0.3 is 0 Å². The highest BCUT2D eigenvalue weighted by Crippen LogP contribution is 2.43. The molecule has 3 rings (SSSR count). The van der Waals surface area contributed by atoms with E-state index in [4.69, 9.17) is 11.6 Å². The summed E-state index contributed by atoms with van der Waals surface area (Å²) in [5, 5.41) is 11.5. The number of carbonyl (C=O) groups excluding carboxylic acids is 2. The molecule has 2 aromatic carbocycles. The molecule has 0 radical (unpaired) electrons. The number of hydrogen-bond acceptors (Lipinski definition) is 3. The topological polar surface area (TPSA) is 57.6 Å². The second kappa shape index (κ2) is 5.97. The minimum atomic E-state index is -1.89. The van der Waals surface area contributed by atoms with Crippen LogP contribution in [0.25, 0.3) is 0 Å². The molecule has 1 amide bonds. The zero-order valence-electron chi connectivity index (χ0n) is 14.7. The lowest BCUT2D eigenvalue weighted by Gasteiger charge is -2.22. The number of halogens is 1. The Hall–Kier alpha value is -2.17. The summed E-state index contributed by atoms with van der Waals surface area (Å²) < 4.78 is 0. The summed E-state index contributed by atoms with van der Waals surface area (Å²) in [6.07, 6.45) is -0.313. The Labute approximate surface area is 152 Å². The third kappa shape index (κ3) is 2.75. The van der Waals surface area contributed by atoms with Crippen molar-refractivity contribution in [3.05, 3.63) is 63.2 Å². The van der Waals surface area contributed by atoms with Crippen LogP contribution in [0.2, 0.25) is 5.02 Å². The van der Waals surface area contributed by atoms with Gasteiger partial charge in [-0.2, -0.15) is 0 Å². The number of likely N-dealkylation sites (N-methyl/N-ethyl adjacent to an activating group) is 1. The van der Waals surface area contributed by atoms with Crippen molar-refractivity contribution in [3.63, 3.8) is 0 Å². The molecule has 1 N–H and O–H groups in total. The third-order valence-corrected chi connectivity index (χ3v) is 5.22. The van der Waals surface area contributed by atoms with Crippen molar-refractivity contribution in [2.75, 3.05) is 11.9 Å². The van der Waals surface area contributed by atoms with Crippen molar-refractivity contribution in [2.45, 2.75) is 32.8 Å². The molecule has 1 atom stereocenters. The maximum atomic E-state index is 12.9. The van der Waals surface area contributed by atoms with Crippen LogP contribution < -0.4 is 4.90 Å². The first-order chi connectivity index (χ1) is 11.6. The fourth-order valence-corrected chi connectivity index (χ4v) is 3.57. The van der Waals surface area contributed by atoms with Crippen LogP contribution in [-0.2, 0) is 10.4 Å². The van der Waals surface area contributed by atoms with Crippen molar-refractivity contribution < 1.29 is 14.7 Å². The number of nitrogens with zero attached hydrogens (tertiary/aromatic N) is 1. The monoisotopic (exact) mass is 357 g/mol. The highest BCUT2D eigenvalue weighted by molar-refractivity contribution is 6.31. The molecule has 2 aromatic rings. The summed E-state index contributed by atoms with van der Waals surface area (Å²) in [6.45, 7) is 5.78. The largest absolute Gasteiger partial charge is 0.375 e. The van der Waals surface area contributed by atoms with Gasteiger partial charge in [0.05, 0.1) is 12.1 Å². The van der Waals surface area contributed by atoms with Gasteiger partial charge in [0.1, 0.15) is 0 Å². The van der Waals surface area contributed by atoms with Crippen LogP contribution in [0.3, 0.4) is 0 Å². The predicted octanol–water partition coefficient (Wildman–Crippen LogP) is 3.70. The number of aliphatic hydroxyl groups is 1. The Morgan fingerprint density at radius 3 is 2.44 bits per heavy atom. The van der Waals surface area contributed by atoms with Crippen molar-refractivity contribution >= 4 is 29.0 Å². The Bertz CT molecular complexity index is 906. The highest BCUT2D eigenvalue weighted by Gasteiger charge is 2.49. The van der Waals surface area contributed by atoms with Crippen LogP contribution >= 0.6 is 11.6 Å². The van der Waals surface area contributed by atoms with E-state index in [-0.39, 0.29) is 12.2 Å². The van der Waals surface area contributed by atoms with Crippen molar-refractivity contribution in [1.82, 2.24) is 0 Å². The standard InChI is InChI=1S/C20H20ClNO3/c1-11-7-13(3)15(8-12(11)2)18(23)10-20(25)16-9-14(21)5-6-17(16)22(4)19(20)24/h5-9,25H,10H2,1-4H3/t20-/m0/s1. The van der Waals surface area contributed by atoms with Gasteiger partial charge < -0.3 is 10.0 Å². The number of fused-ring (bicyclic) bond motifs is 1. The summed E-state index contributed by atoms with van der Waals surface area (Å²) in [6, 6.07) is 8.65. The minimum Gasteiger partial charge on any atom is -0.375 e. The van der Waals surface area contributed by atoms with Crippen molar-refractivity contribution in [2.24, 2.45) is 0 Å². The van der Waals surface area contributed by atoms with Crippen LogP contribution in [0.1, 0.15) is 39.0 Å². The van der Waals surface area contributed by atoms with E-state index in [9.17, 15) is 14.7 Å². The van der Waals surface area contributed by atoms with E-state index in [1.54, 1.807) is 25.2 Å². The van der Waals surface area contributed by atoms with Gasteiger partial charge in [-0.1, -0.05) is 17.7 Å². The van der Waals surface area contributed by atoms with Gasteiger partial charge in [-0.3, -0.25) is 9.59 Å². The van der Waals surface area contributed by atoms with Gasteiger partial charge in [-0.25, -0.2) is 0 Å². The van der Waals surface area contributed by atoms with Gasteiger partial charge in [0.25, 0.3) is 5.91 Å². The number of rotatable bonds is 3.